The molecule has 0 aromatic heterocycles. The topological polar surface area (TPSA) is 66.7 Å². The second-order valence-corrected chi connectivity index (χ2v) is 7.19. The van der Waals surface area contributed by atoms with Crippen LogP contribution in [0, 0.1) is 17.0 Å². The number of carbonyl (C=O) groups excluding carboxylic acids is 1. The maximum atomic E-state index is 12.8. The zero-order valence-corrected chi connectivity index (χ0v) is 16.1. The van der Waals surface area contributed by atoms with Gasteiger partial charge in [0, 0.05) is 54.4 Å². The molecule has 1 aliphatic rings. The molecule has 1 heterocycles. The van der Waals surface area contributed by atoms with E-state index in [1.807, 2.05) is 24.3 Å². The molecular formula is C20H22ClN3O3. The summed E-state index contributed by atoms with van der Waals surface area (Å²) in [7, 11) is 0. The molecule has 27 heavy (non-hydrogen) atoms. The quantitative estimate of drug-likeness (QED) is 0.585. The predicted octanol–water partition coefficient (Wildman–Crippen LogP) is 4.08. The maximum absolute atomic E-state index is 12.8. The van der Waals surface area contributed by atoms with Crippen LogP contribution in [0.25, 0.3) is 0 Å². The number of benzene rings is 2. The fourth-order valence-electron chi connectivity index (χ4n) is 3.44. The number of hydrogen-bond donors (Lipinski definition) is 0. The molecule has 7 heteroatoms. The van der Waals surface area contributed by atoms with Crippen LogP contribution in [0.2, 0.25) is 5.02 Å². The van der Waals surface area contributed by atoms with Crippen LogP contribution in [0.15, 0.2) is 42.5 Å². The van der Waals surface area contributed by atoms with Crippen LogP contribution in [0.4, 0.5) is 5.69 Å². The lowest BCUT2D eigenvalue weighted by atomic mass is 10.1. The largest absolute Gasteiger partial charge is 0.336 e. The lowest BCUT2D eigenvalue weighted by molar-refractivity contribution is -0.385. The summed E-state index contributed by atoms with van der Waals surface area (Å²) in [4.78, 5) is 27.5. The van der Waals surface area contributed by atoms with Crippen molar-refractivity contribution in [3.05, 3.63) is 74.3 Å². The monoisotopic (exact) mass is 387 g/mol. The Bertz CT molecular complexity index is 863. The van der Waals surface area contributed by atoms with Gasteiger partial charge in [0.2, 0.25) is 0 Å². The highest BCUT2D eigenvalue weighted by Gasteiger charge is 2.27. The Balaban J connectivity index is 1.67. The molecule has 0 N–H and O–H groups in total. The number of aryl methyl sites for hydroxylation is 1. The summed E-state index contributed by atoms with van der Waals surface area (Å²) in [6, 6.07) is 12.6. The van der Waals surface area contributed by atoms with Gasteiger partial charge in [-0.15, -0.1) is 0 Å². The minimum absolute atomic E-state index is 0.0215. The van der Waals surface area contributed by atoms with Gasteiger partial charge in [0.15, 0.2) is 0 Å². The molecule has 6 nitrogen and oxygen atoms in total. The molecule has 2 aromatic carbocycles. The molecule has 1 unspecified atom stereocenters. The standard InChI is InChI=1S/C20H22ClN3O3/c1-14-7-8-16(13-19(14)24(26)27)20(25)23-11-9-22(10-12-23)15(2)17-5-3-4-6-18(17)21/h3-8,13,15H,9-12H2,1-2H3. The van der Waals surface area contributed by atoms with Gasteiger partial charge in [-0.1, -0.05) is 35.9 Å². The molecule has 1 saturated heterocycles. The molecule has 142 valence electrons. The Labute approximate surface area is 163 Å². The molecule has 0 bridgehead atoms. The van der Waals surface area contributed by atoms with Gasteiger partial charge < -0.3 is 4.90 Å². The molecule has 3 rings (SSSR count). The van der Waals surface area contributed by atoms with E-state index >= 15 is 0 Å². The molecular weight excluding hydrogens is 366 g/mol. The number of hydrogen-bond acceptors (Lipinski definition) is 4. The van der Waals surface area contributed by atoms with Gasteiger partial charge in [-0.2, -0.15) is 0 Å². The van der Waals surface area contributed by atoms with Crippen molar-refractivity contribution < 1.29 is 9.72 Å². The first-order valence-corrected chi connectivity index (χ1v) is 9.29. The number of halogens is 1. The molecule has 0 aliphatic carbocycles. The summed E-state index contributed by atoms with van der Waals surface area (Å²) < 4.78 is 0. The van der Waals surface area contributed by atoms with Gasteiger partial charge in [-0.05, 0) is 31.5 Å². The van der Waals surface area contributed by atoms with Crippen molar-refractivity contribution in [1.29, 1.82) is 0 Å². The number of nitrogens with zero attached hydrogens (tertiary/aromatic N) is 3. The Morgan fingerprint density at radius 1 is 1.15 bits per heavy atom. The van der Waals surface area contributed by atoms with Gasteiger partial charge in [0.25, 0.3) is 11.6 Å². The predicted molar refractivity (Wildman–Crippen MR) is 105 cm³/mol. The third kappa shape index (κ3) is 4.12. The Morgan fingerprint density at radius 2 is 1.81 bits per heavy atom. The van der Waals surface area contributed by atoms with Gasteiger partial charge in [-0.25, -0.2) is 0 Å². The first-order valence-electron chi connectivity index (χ1n) is 8.91. The van der Waals surface area contributed by atoms with Gasteiger partial charge in [0.05, 0.1) is 4.92 Å². The number of amides is 1. The highest BCUT2D eigenvalue weighted by atomic mass is 35.5. The average Bonchev–Trinajstić information content (AvgIpc) is 2.67. The van der Waals surface area contributed by atoms with Crippen molar-refractivity contribution in [2.24, 2.45) is 0 Å². The van der Waals surface area contributed by atoms with Crippen molar-refractivity contribution in [2.45, 2.75) is 19.9 Å². The van der Waals surface area contributed by atoms with E-state index in [9.17, 15) is 14.9 Å². The maximum Gasteiger partial charge on any atom is 0.273 e. The van der Waals surface area contributed by atoms with Crippen LogP contribution in [-0.2, 0) is 0 Å². The summed E-state index contributed by atoms with van der Waals surface area (Å²) in [6.07, 6.45) is 0. The molecule has 0 saturated carbocycles. The summed E-state index contributed by atoms with van der Waals surface area (Å²) in [5, 5.41) is 11.9. The van der Waals surface area contributed by atoms with Crippen molar-refractivity contribution in [3.63, 3.8) is 0 Å². The molecule has 1 amide bonds. The first-order chi connectivity index (χ1) is 12.9. The van der Waals surface area contributed by atoms with Crippen LogP contribution in [0.5, 0.6) is 0 Å². The normalized spacial score (nSPS) is 16.2. The number of nitro groups is 1. The van der Waals surface area contributed by atoms with Crippen LogP contribution in [0.1, 0.15) is 34.5 Å². The number of nitro benzene ring substituents is 1. The van der Waals surface area contributed by atoms with Crippen LogP contribution in [-0.4, -0.2) is 46.8 Å². The molecule has 1 aliphatic heterocycles. The van der Waals surface area contributed by atoms with Crippen LogP contribution < -0.4 is 0 Å². The van der Waals surface area contributed by atoms with E-state index in [0.29, 0.717) is 24.2 Å². The van der Waals surface area contributed by atoms with E-state index in [1.54, 1.807) is 24.0 Å². The number of rotatable bonds is 4. The zero-order chi connectivity index (χ0) is 19.6. The molecule has 0 radical (unpaired) electrons. The number of carbonyl (C=O) groups is 1. The smallest absolute Gasteiger partial charge is 0.273 e. The van der Waals surface area contributed by atoms with Crippen molar-refractivity contribution in [1.82, 2.24) is 9.80 Å². The molecule has 0 spiro atoms. The Morgan fingerprint density at radius 3 is 2.44 bits per heavy atom. The minimum Gasteiger partial charge on any atom is -0.336 e. The third-order valence-electron chi connectivity index (χ3n) is 5.16. The van der Waals surface area contributed by atoms with Crippen molar-refractivity contribution in [3.8, 4) is 0 Å². The third-order valence-corrected chi connectivity index (χ3v) is 5.50. The lowest BCUT2D eigenvalue weighted by Gasteiger charge is -2.38. The van der Waals surface area contributed by atoms with Crippen molar-refractivity contribution in [2.75, 3.05) is 26.2 Å². The van der Waals surface area contributed by atoms with Crippen molar-refractivity contribution >= 4 is 23.2 Å². The first kappa shape index (κ1) is 19.3. The Hall–Kier alpha value is -2.44. The molecule has 1 atom stereocenters. The van der Waals surface area contributed by atoms with E-state index in [4.69, 9.17) is 11.6 Å². The highest BCUT2D eigenvalue weighted by molar-refractivity contribution is 6.31. The highest BCUT2D eigenvalue weighted by Crippen LogP contribution is 2.28. The minimum atomic E-state index is -0.449. The molecule has 2 aromatic rings. The molecule has 1 fully saturated rings. The summed E-state index contributed by atoms with van der Waals surface area (Å²) in [6.45, 7) is 6.39. The van der Waals surface area contributed by atoms with E-state index in [-0.39, 0.29) is 17.6 Å². The summed E-state index contributed by atoms with van der Waals surface area (Å²) in [5.41, 5.74) is 1.97. The fourth-order valence-corrected chi connectivity index (χ4v) is 3.74. The summed E-state index contributed by atoms with van der Waals surface area (Å²) >= 11 is 6.30. The van der Waals surface area contributed by atoms with Crippen LogP contribution >= 0.6 is 11.6 Å². The van der Waals surface area contributed by atoms with Gasteiger partial charge >= 0.3 is 0 Å². The lowest BCUT2D eigenvalue weighted by Crippen LogP contribution is -2.49. The zero-order valence-electron chi connectivity index (χ0n) is 15.4. The van der Waals surface area contributed by atoms with E-state index in [1.165, 1.54) is 6.07 Å². The Kier molecular flexibility index (Phi) is 5.77. The van der Waals surface area contributed by atoms with E-state index in [0.717, 1.165) is 23.7 Å². The average molecular weight is 388 g/mol. The van der Waals surface area contributed by atoms with Gasteiger partial charge in [-0.3, -0.25) is 19.8 Å². The number of piperazine rings is 1. The SMILES string of the molecule is Cc1ccc(C(=O)N2CCN(C(C)c3ccccc3Cl)CC2)cc1[N+](=O)[O-]. The second-order valence-electron chi connectivity index (χ2n) is 6.78. The van der Waals surface area contributed by atoms with Crippen LogP contribution in [0.3, 0.4) is 0 Å². The second kappa shape index (κ2) is 8.06. The summed E-state index contributed by atoms with van der Waals surface area (Å²) in [5.74, 6) is -0.164. The van der Waals surface area contributed by atoms with E-state index in [2.05, 4.69) is 11.8 Å². The van der Waals surface area contributed by atoms with E-state index < -0.39 is 4.92 Å². The fraction of sp³-hybridized carbons (Fsp3) is 0.350. The van der Waals surface area contributed by atoms with Gasteiger partial charge in [0.1, 0.15) is 0 Å².